The van der Waals surface area contributed by atoms with Gasteiger partial charge in [-0.15, -0.1) is 24.0 Å². The molecule has 0 aliphatic carbocycles. The van der Waals surface area contributed by atoms with Gasteiger partial charge in [0.05, 0.1) is 4.90 Å². The van der Waals surface area contributed by atoms with Gasteiger partial charge in [-0.3, -0.25) is 9.89 Å². The van der Waals surface area contributed by atoms with Gasteiger partial charge in [0, 0.05) is 40.3 Å². The first-order valence-corrected chi connectivity index (χ1v) is 12.4. The minimum Gasteiger partial charge on any atom is -0.355 e. The molecule has 2 rings (SSSR count). The van der Waals surface area contributed by atoms with Gasteiger partial charge in [0.2, 0.25) is 10.0 Å². The predicted octanol–water partition coefficient (Wildman–Crippen LogP) is 3.12. The van der Waals surface area contributed by atoms with E-state index in [0.29, 0.717) is 23.4 Å². The predicted molar refractivity (Wildman–Crippen MR) is 140 cm³/mol. The molecule has 1 unspecified atom stereocenters. The number of aliphatic imine (C=N–C) groups is 1. The van der Waals surface area contributed by atoms with Gasteiger partial charge in [0.15, 0.2) is 5.96 Å². The molecule has 0 radical (unpaired) electrons. The Kier molecular flexibility index (Phi) is 12.3. The van der Waals surface area contributed by atoms with Crippen LogP contribution in [0.2, 0.25) is 0 Å². The minimum absolute atomic E-state index is 0. The Morgan fingerprint density at radius 1 is 1.06 bits per heavy atom. The molecule has 0 aromatic heterocycles. The Hall–Kier alpha value is -0.910. The maximum Gasteiger partial charge on any atom is 0.242 e. The van der Waals surface area contributed by atoms with Crippen molar-refractivity contribution in [2.24, 2.45) is 10.9 Å². The number of hydrogen-bond donors (Lipinski definition) is 2. The molecule has 9 heteroatoms. The standard InChI is InChI=1S/C22H39N5O2S.HI/c1-18(2)21(27-14-8-6-7-9-15-27)17-25-22(23-3)24-16-19-10-12-20(13-11-19)30(28,29)26(4)5;/h10-13,18,21H,6-9,14-17H2,1-5H3,(H2,23,24,25);1H. The zero-order chi connectivity index (χ0) is 22.1. The number of nitrogens with zero attached hydrogens (tertiary/aromatic N) is 3. The lowest BCUT2D eigenvalue weighted by Crippen LogP contribution is -2.49. The first-order valence-electron chi connectivity index (χ1n) is 11.0. The zero-order valence-corrected chi connectivity index (χ0v) is 22.7. The molecule has 1 aromatic carbocycles. The Bertz CT molecular complexity index is 774. The van der Waals surface area contributed by atoms with E-state index in [9.17, 15) is 8.42 Å². The smallest absolute Gasteiger partial charge is 0.242 e. The third kappa shape index (κ3) is 8.51. The molecule has 1 heterocycles. The Morgan fingerprint density at radius 2 is 1.65 bits per heavy atom. The zero-order valence-electron chi connectivity index (χ0n) is 19.6. The number of sulfonamides is 1. The van der Waals surface area contributed by atoms with Crippen molar-refractivity contribution in [3.8, 4) is 0 Å². The van der Waals surface area contributed by atoms with Crippen molar-refractivity contribution >= 4 is 40.0 Å². The first kappa shape index (κ1) is 28.1. The van der Waals surface area contributed by atoms with Crippen molar-refractivity contribution < 1.29 is 8.42 Å². The monoisotopic (exact) mass is 565 g/mol. The van der Waals surface area contributed by atoms with Crippen LogP contribution in [0.1, 0.15) is 45.1 Å². The fourth-order valence-corrected chi connectivity index (χ4v) is 4.71. The summed E-state index contributed by atoms with van der Waals surface area (Å²) >= 11 is 0. The van der Waals surface area contributed by atoms with Crippen LogP contribution in [-0.4, -0.2) is 70.4 Å². The summed E-state index contributed by atoms with van der Waals surface area (Å²) in [5, 5.41) is 6.82. The van der Waals surface area contributed by atoms with Crippen LogP contribution in [-0.2, 0) is 16.6 Å². The lowest BCUT2D eigenvalue weighted by atomic mass is 10.0. The van der Waals surface area contributed by atoms with Crippen molar-refractivity contribution in [2.75, 3.05) is 40.8 Å². The van der Waals surface area contributed by atoms with Crippen LogP contribution in [0.5, 0.6) is 0 Å². The van der Waals surface area contributed by atoms with Gasteiger partial charge in [0.25, 0.3) is 0 Å². The van der Waals surface area contributed by atoms with Gasteiger partial charge in [-0.25, -0.2) is 12.7 Å². The number of nitrogens with one attached hydrogen (secondary N) is 2. The highest BCUT2D eigenvalue weighted by atomic mass is 127. The molecule has 1 aromatic rings. The molecule has 0 bridgehead atoms. The summed E-state index contributed by atoms with van der Waals surface area (Å²) in [4.78, 5) is 7.28. The second-order valence-electron chi connectivity index (χ2n) is 8.50. The van der Waals surface area contributed by atoms with E-state index in [4.69, 9.17) is 0 Å². The van der Waals surface area contributed by atoms with E-state index in [2.05, 4.69) is 34.4 Å². The van der Waals surface area contributed by atoms with Gasteiger partial charge in [0.1, 0.15) is 0 Å². The number of hydrogen-bond acceptors (Lipinski definition) is 4. The molecule has 1 aliphatic heterocycles. The van der Waals surface area contributed by atoms with Gasteiger partial charge in [-0.05, 0) is 49.5 Å². The summed E-state index contributed by atoms with van der Waals surface area (Å²) in [7, 11) is 1.46. The fraction of sp³-hybridized carbons (Fsp3) is 0.682. The van der Waals surface area contributed by atoms with Crippen LogP contribution in [0.3, 0.4) is 0 Å². The van der Waals surface area contributed by atoms with Crippen LogP contribution >= 0.6 is 24.0 Å². The highest BCUT2D eigenvalue weighted by Gasteiger charge is 2.23. The van der Waals surface area contributed by atoms with Gasteiger partial charge < -0.3 is 10.6 Å². The molecule has 31 heavy (non-hydrogen) atoms. The van der Waals surface area contributed by atoms with E-state index in [1.54, 1.807) is 19.2 Å². The summed E-state index contributed by atoms with van der Waals surface area (Å²) in [6.45, 7) is 8.38. The van der Waals surface area contributed by atoms with E-state index in [1.165, 1.54) is 57.2 Å². The SMILES string of the molecule is CN=C(NCc1ccc(S(=O)(=O)N(C)C)cc1)NCC(C(C)C)N1CCCCCC1.I. The van der Waals surface area contributed by atoms with Crippen molar-refractivity contribution in [1.82, 2.24) is 19.8 Å². The fourth-order valence-electron chi connectivity index (χ4n) is 3.81. The summed E-state index contributed by atoms with van der Waals surface area (Å²) in [6.07, 6.45) is 5.25. The molecular weight excluding hydrogens is 525 g/mol. The lowest BCUT2D eigenvalue weighted by Gasteiger charge is -2.34. The van der Waals surface area contributed by atoms with E-state index in [-0.39, 0.29) is 24.0 Å². The van der Waals surface area contributed by atoms with Crippen molar-refractivity contribution in [3.05, 3.63) is 29.8 Å². The molecule has 0 spiro atoms. The van der Waals surface area contributed by atoms with Crippen LogP contribution in [0.4, 0.5) is 0 Å². The highest BCUT2D eigenvalue weighted by Crippen LogP contribution is 2.17. The third-order valence-corrected chi connectivity index (χ3v) is 7.57. The minimum atomic E-state index is -3.40. The topological polar surface area (TPSA) is 77.0 Å². The van der Waals surface area contributed by atoms with Crippen LogP contribution < -0.4 is 10.6 Å². The average Bonchev–Trinajstić information content (AvgIpc) is 2.99. The number of rotatable bonds is 8. The summed E-state index contributed by atoms with van der Waals surface area (Å²) in [5.74, 6) is 1.33. The quantitative estimate of drug-likeness (QED) is 0.288. The normalized spacial score (nSPS) is 17.2. The summed E-state index contributed by atoms with van der Waals surface area (Å²) < 4.78 is 25.6. The van der Waals surface area contributed by atoms with Gasteiger partial charge in [-0.1, -0.05) is 38.8 Å². The average molecular weight is 566 g/mol. The maximum absolute atomic E-state index is 12.2. The van der Waals surface area contributed by atoms with E-state index in [0.717, 1.165) is 18.1 Å². The van der Waals surface area contributed by atoms with Gasteiger partial charge >= 0.3 is 0 Å². The number of likely N-dealkylation sites (tertiary alicyclic amines) is 1. The largest absolute Gasteiger partial charge is 0.355 e. The molecule has 1 atom stereocenters. The molecule has 7 nitrogen and oxygen atoms in total. The lowest BCUT2D eigenvalue weighted by molar-refractivity contribution is 0.161. The van der Waals surface area contributed by atoms with E-state index < -0.39 is 10.0 Å². The third-order valence-electron chi connectivity index (χ3n) is 5.74. The Labute approximate surface area is 206 Å². The summed E-state index contributed by atoms with van der Waals surface area (Å²) in [5.41, 5.74) is 1.00. The molecule has 1 fully saturated rings. The van der Waals surface area contributed by atoms with Crippen molar-refractivity contribution in [1.29, 1.82) is 0 Å². The molecule has 0 amide bonds. The number of benzene rings is 1. The van der Waals surface area contributed by atoms with Gasteiger partial charge in [-0.2, -0.15) is 0 Å². The molecule has 1 aliphatic rings. The van der Waals surface area contributed by atoms with E-state index in [1.807, 2.05) is 12.1 Å². The number of halogens is 1. The second kappa shape index (κ2) is 13.6. The van der Waals surface area contributed by atoms with Crippen LogP contribution in [0.25, 0.3) is 0 Å². The Morgan fingerprint density at radius 3 is 2.13 bits per heavy atom. The van der Waals surface area contributed by atoms with E-state index >= 15 is 0 Å². The van der Waals surface area contributed by atoms with Crippen LogP contribution in [0.15, 0.2) is 34.2 Å². The molecular formula is C22H40IN5O2S. The first-order chi connectivity index (χ1) is 14.3. The molecule has 178 valence electrons. The molecule has 0 saturated carbocycles. The Balaban J connectivity index is 0.00000480. The summed E-state index contributed by atoms with van der Waals surface area (Å²) in [6, 6.07) is 7.46. The number of guanidine groups is 1. The molecule has 1 saturated heterocycles. The maximum atomic E-state index is 12.2. The highest BCUT2D eigenvalue weighted by molar-refractivity contribution is 14.0. The van der Waals surface area contributed by atoms with Crippen LogP contribution in [0, 0.1) is 5.92 Å². The molecule has 2 N–H and O–H groups in total. The van der Waals surface area contributed by atoms with Crippen molar-refractivity contribution in [3.63, 3.8) is 0 Å². The van der Waals surface area contributed by atoms with Crippen molar-refractivity contribution in [2.45, 2.75) is 57.0 Å². The second-order valence-corrected chi connectivity index (χ2v) is 10.7.